The molecular weight excluding hydrogens is 464 g/mol. The highest BCUT2D eigenvalue weighted by atomic mass is 16.3. The highest BCUT2D eigenvalue weighted by molar-refractivity contribution is 6.05. The van der Waals surface area contributed by atoms with Gasteiger partial charge in [0.25, 0.3) is 0 Å². The van der Waals surface area contributed by atoms with Crippen LogP contribution in [-0.4, -0.2) is 38.6 Å². The molecule has 184 valence electrons. The largest absolute Gasteiger partial charge is 0.456 e. The fourth-order valence-electron chi connectivity index (χ4n) is 5.20. The smallest absolute Gasteiger partial charge is 0.226 e. The molecule has 1 amide bonds. The number of aryl methyl sites for hydroxylation is 1. The van der Waals surface area contributed by atoms with Crippen molar-refractivity contribution in [3.8, 4) is 17.5 Å². The molecule has 0 atom stereocenters. The highest BCUT2D eigenvalue weighted by Gasteiger charge is 2.37. The zero-order valence-corrected chi connectivity index (χ0v) is 20.5. The van der Waals surface area contributed by atoms with Crippen LogP contribution in [0.15, 0.2) is 77.3 Å². The van der Waals surface area contributed by atoms with Crippen molar-refractivity contribution in [2.24, 2.45) is 7.05 Å². The number of carbonyl (C=O) groups excluding carboxylic acids is 1. The Morgan fingerprint density at radius 3 is 2.54 bits per heavy atom. The van der Waals surface area contributed by atoms with Crippen molar-refractivity contribution in [3.05, 3.63) is 89.7 Å². The van der Waals surface area contributed by atoms with E-state index < -0.39 is 5.60 Å². The minimum Gasteiger partial charge on any atom is -0.456 e. The molecule has 6 rings (SSSR count). The molecule has 1 fully saturated rings. The Bertz CT molecular complexity index is 1670. The first kappa shape index (κ1) is 23.0. The van der Waals surface area contributed by atoms with Crippen LogP contribution in [0, 0.1) is 11.3 Å². The monoisotopic (exact) mass is 490 g/mol. The number of furan rings is 1. The Labute approximate surface area is 214 Å². The molecule has 1 aliphatic rings. The number of fused-ring (bicyclic) bond motifs is 3. The van der Waals surface area contributed by atoms with Gasteiger partial charge in [-0.05, 0) is 60.9 Å². The molecule has 0 aliphatic carbocycles. The predicted molar refractivity (Wildman–Crippen MR) is 140 cm³/mol. The van der Waals surface area contributed by atoms with Crippen LogP contribution in [0.3, 0.4) is 0 Å². The molecule has 3 aromatic carbocycles. The number of imidazole rings is 1. The van der Waals surface area contributed by atoms with Crippen molar-refractivity contribution < 1.29 is 14.3 Å². The van der Waals surface area contributed by atoms with Crippen molar-refractivity contribution >= 4 is 27.8 Å². The maximum atomic E-state index is 13.1. The Morgan fingerprint density at radius 2 is 1.78 bits per heavy atom. The van der Waals surface area contributed by atoms with Gasteiger partial charge in [-0.2, -0.15) is 5.26 Å². The second kappa shape index (κ2) is 8.91. The Morgan fingerprint density at radius 1 is 1.05 bits per heavy atom. The zero-order chi connectivity index (χ0) is 25.6. The third kappa shape index (κ3) is 4.15. The van der Waals surface area contributed by atoms with Crippen molar-refractivity contribution in [2.45, 2.75) is 24.9 Å². The van der Waals surface area contributed by atoms with Gasteiger partial charge >= 0.3 is 0 Å². The summed E-state index contributed by atoms with van der Waals surface area (Å²) in [6, 6.07) is 23.2. The van der Waals surface area contributed by atoms with Gasteiger partial charge in [-0.1, -0.05) is 24.3 Å². The van der Waals surface area contributed by atoms with E-state index in [0.29, 0.717) is 43.6 Å². The highest BCUT2D eigenvalue weighted by Crippen LogP contribution is 2.34. The number of nitrogens with zero attached hydrogens (tertiary/aromatic N) is 4. The average Bonchev–Trinajstić information content (AvgIpc) is 3.50. The molecule has 7 heteroatoms. The van der Waals surface area contributed by atoms with E-state index in [9.17, 15) is 9.90 Å². The van der Waals surface area contributed by atoms with Gasteiger partial charge in [-0.25, -0.2) is 4.98 Å². The van der Waals surface area contributed by atoms with Gasteiger partial charge in [0.15, 0.2) is 0 Å². The molecule has 0 spiro atoms. The van der Waals surface area contributed by atoms with E-state index in [1.165, 1.54) is 0 Å². The number of hydrogen-bond donors (Lipinski definition) is 1. The van der Waals surface area contributed by atoms with E-state index >= 15 is 0 Å². The normalized spacial score (nSPS) is 15.2. The Kier molecular flexibility index (Phi) is 5.54. The van der Waals surface area contributed by atoms with Crippen LogP contribution >= 0.6 is 0 Å². The van der Waals surface area contributed by atoms with E-state index in [1.807, 2.05) is 77.3 Å². The number of rotatable bonds is 4. The molecule has 0 saturated carbocycles. The summed E-state index contributed by atoms with van der Waals surface area (Å²) in [5, 5.41) is 22.5. The first-order chi connectivity index (χ1) is 17.9. The molecule has 3 heterocycles. The lowest BCUT2D eigenvalue weighted by atomic mass is 9.88. The van der Waals surface area contributed by atoms with Gasteiger partial charge in [0.2, 0.25) is 5.91 Å². The quantitative estimate of drug-likeness (QED) is 0.386. The summed E-state index contributed by atoms with van der Waals surface area (Å²) in [6.45, 7) is 0.935. The molecular formula is C30H26N4O3. The lowest BCUT2D eigenvalue weighted by Crippen LogP contribution is -2.45. The van der Waals surface area contributed by atoms with Gasteiger partial charge in [0, 0.05) is 42.7 Å². The van der Waals surface area contributed by atoms with Crippen molar-refractivity contribution in [2.75, 3.05) is 13.1 Å². The number of amides is 1. The van der Waals surface area contributed by atoms with Gasteiger partial charge in [-0.3, -0.25) is 4.79 Å². The molecule has 37 heavy (non-hydrogen) atoms. The van der Waals surface area contributed by atoms with E-state index in [0.717, 1.165) is 38.9 Å². The molecule has 0 bridgehead atoms. The summed E-state index contributed by atoms with van der Waals surface area (Å²) >= 11 is 0. The summed E-state index contributed by atoms with van der Waals surface area (Å²) in [5.74, 6) is 0.780. The molecule has 5 aromatic rings. The molecule has 7 nitrogen and oxygen atoms in total. The van der Waals surface area contributed by atoms with Crippen molar-refractivity contribution in [3.63, 3.8) is 0 Å². The first-order valence-corrected chi connectivity index (χ1v) is 12.4. The number of hydrogen-bond acceptors (Lipinski definition) is 5. The van der Waals surface area contributed by atoms with Crippen LogP contribution in [0.4, 0.5) is 0 Å². The fraction of sp³-hybridized carbons (Fsp3) is 0.233. The summed E-state index contributed by atoms with van der Waals surface area (Å²) in [5.41, 5.74) is 3.59. The SMILES string of the molecule is Cn1cc(C2(O)CCN(C(=O)Cc3ccc4oc5ccccc5c4c3)CC2)nc1-c1ccc(C#N)cc1. The second-order valence-corrected chi connectivity index (χ2v) is 9.77. The summed E-state index contributed by atoms with van der Waals surface area (Å²) in [4.78, 5) is 19.7. The average molecular weight is 491 g/mol. The zero-order valence-electron chi connectivity index (χ0n) is 20.5. The van der Waals surface area contributed by atoms with Gasteiger partial charge in [0.1, 0.15) is 22.6 Å². The predicted octanol–water partition coefficient (Wildman–Crippen LogP) is 4.91. The third-order valence-corrected chi connectivity index (χ3v) is 7.37. The van der Waals surface area contributed by atoms with Crippen LogP contribution in [0.2, 0.25) is 0 Å². The topological polar surface area (TPSA) is 95.3 Å². The van der Waals surface area contributed by atoms with Crippen LogP contribution in [0.1, 0.15) is 29.7 Å². The first-order valence-electron chi connectivity index (χ1n) is 12.4. The number of aliphatic hydroxyl groups is 1. The van der Waals surface area contributed by atoms with E-state index in [1.54, 1.807) is 12.1 Å². The number of para-hydroxylation sites is 1. The molecule has 0 unspecified atom stereocenters. The second-order valence-electron chi connectivity index (χ2n) is 9.77. The molecule has 1 saturated heterocycles. The van der Waals surface area contributed by atoms with Crippen LogP contribution < -0.4 is 0 Å². The molecule has 2 aromatic heterocycles. The van der Waals surface area contributed by atoms with Gasteiger partial charge < -0.3 is 19.0 Å². The lowest BCUT2D eigenvalue weighted by Gasteiger charge is -2.37. The molecule has 0 radical (unpaired) electrons. The van der Waals surface area contributed by atoms with Crippen LogP contribution in [-0.2, 0) is 23.9 Å². The fourth-order valence-corrected chi connectivity index (χ4v) is 5.20. The third-order valence-electron chi connectivity index (χ3n) is 7.37. The van der Waals surface area contributed by atoms with E-state index in [2.05, 4.69) is 6.07 Å². The van der Waals surface area contributed by atoms with Crippen molar-refractivity contribution in [1.29, 1.82) is 5.26 Å². The lowest BCUT2D eigenvalue weighted by molar-refractivity contribution is -0.135. The van der Waals surface area contributed by atoms with Gasteiger partial charge in [0.05, 0.1) is 23.7 Å². The van der Waals surface area contributed by atoms with Crippen LogP contribution in [0.25, 0.3) is 33.3 Å². The standard InChI is InChI=1S/C30H26N4O3/c1-33-19-27(32-29(33)22-9-6-20(18-31)7-10-22)30(36)12-14-34(15-13-30)28(35)17-21-8-11-26-24(16-21)23-4-2-3-5-25(23)37-26/h2-11,16,19,36H,12-15,17H2,1H3. The van der Waals surface area contributed by atoms with Crippen molar-refractivity contribution in [1.82, 2.24) is 14.5 Å². The van der Waals surface area contributed by atoms with E-state index in [4.69, 9.17) is 14.7 Å². The molecule has 1 aliphatic heterocycles. The number of benzene rings is 3. The maximum Gasteiger partial charge on any atom is 0.226 e. The number of piperidine rings is 1. The minimum absolute atomic E-state index is 0.0495. The number of aromatic nitrogens is 2. The number of carbonyl (C=O) groups is 1. The maximum absolute atomic E-state index is 13.1. The number of nitriles is 1. The summed E-state index contributed by atoms with van der Waals surface area (Å²) < 4.78 is 7.79. The number of likely N-dealkylation sites (tertiary alicyclic amines) is 1. The summed E-state index contributed by atoms with van der Waals surface area (Å²) in [6.07, 6.45) is 3.01. The molecule has 1 N–H and O–H groups in total. The Balaban J connectivity index is 1.15. The van der Waals surface area contributed by atoms with Crippen LogP contribution in [0.5, 0.6) is 0 Å². The Hall–Kier alpha value is -4.41. The minimum atomic E-state index is -1.09. The van der Waals surface area contributed by atoms with E-state index in [-0.39, 0.29) is 5.91 Å². The summed E-state index contributed by atoms with van der Waals surface area (Å²) in [7, 11) is 1.89. The van der Waals surface area contributed by atoms with Gasteiger partial charge in [-0.15, -0.1) is 0 Å².